The van der Waals surface area contributed by atoms with E-state index >= 15 is 0 Å². The zero-order valence-electron chi connectivity index (χ0n) is 11.3. The van der Waals surface area contributed by atoms with Gasteiger partial charge >= 0.3 is 5.97 Å². The van der Waals surface area contributed by atoms with Crippen molar-refractivity contribution in [2.75, 3.05) is 20.1 Å². The van der Waals surface area contributed by atoms with Gasteiger partial charge < -0.3 is 10.0 Å². The first-order valence-corrected chi connectivity index (χ1v) is 6.47. The fourth-order valence-corrected chi connectivity index (χ4v) is 2.92. The number of benzene rings is 1. The molecule has 1 aromatic rings. The molecule has 0 spiro atoms. The Morgan fingerprint density at radius 3 is 2.72 bits per heavy atom. The Balaban J connectivity index is 2.35. The summed E-state index contributed by atoms with van der Waals surface area (Å²) in [6.45, 7) is 5.90. The van der Waals surface area contributed by atoms with Gasteiger partial charge in [0.1, 0.15) is 0 Å². The Labute approximate surface area is 108 Å². The van der Waals surface area contributed by atoms with Crippen molar-refractivity contribution in [1.82, 2.24) is 4.90 Å². The van der Waals surface area contributed by atoms with Crippen LogP contribution in [-0.4, -0.2) is 36.1 Å². The predicted octanol–water partition coefficient (Wildman–Crippen LogP) is 2.42. The maximum atomic E-state index is 11.6. The second-order valence-electron chi connectivity index (χ2n) is 5.49. The summed E-state index contributed by atoms with van der Waals surface area (Å²) in [5.74, 6) is -0.827. The van der Waals surface area contributed by atoms with Crippen molar-refractivity contribution < 1.29 is 9.90 Å². The van der Waals surface area contributed by atoms with Crippen molar-refractivity contribution in [2.24, 2.45) is 5.92 Å². The summed E-state index contributed by atoms with van der Waals surface area (Å²) < 4.78 is 0. The van der Waals surface area contributed by atoms with Crippen LogP contribution in [0.15, 0.2) is 18.2 Å². The minimum absolute atomic E-state index is 0.230. The van der Waals surface area contributed by atoms with E-state index in [1.54, 1.807) is 0 Å². The van der Waals surface area contributed by atoms with E-state index in [4.69, 9.17) is 0 Å². The number of carboxylic acid groups (broad SMARTS) is 1. The molecule has 1 aliphatic heterocycles. The summed E-state index contributed by atoms with van der Waals surface area (Å²) in [7, 11) is 2.06. The van der Waals surface area contributed by atoms with Crippen molar-refractivity contribution in [1.29, 1.82) is 0 Å². The van der Waals surface area contributed by atoms with Crippen molar-refractivity contribution in [3.05, 3.63) is 34.9 Å². The van der Waals surface area contributed by atoms with Gasteiger partial charge in [-0.05, 0) is 50.9 Å². The molecule has 0 aromatic heterocycles. The third kappa shape index (κ3) is 2.56. The summed E-state index contributed by atoms with van der Waals surface area (Å²) in [5.41, 5.74) is 3.21. The average Bonchev–Trinajstić information content (AvgIpc) is 2.70. The zero-order chi connectivity index (χ0) is 13.3. The smallest absolute Gasteiger partial charge is 0.311 e. The van der Waals surface area contributed by atoms with Crippen LogP contribution in [0.4, 0.5) is 0 Å². The molecule has 1 saturated heterocycles. The zero-order valence-corrected chi connectivity index (χ0v) is 11.3. The van der Waals surface area contributed by atoms with Crippen LogP contribution in [0.5, 0.6) is 0 Å². The highest BCUT2D eigenvalue weighted by Crippen LogP contribution is 2.33. The lowest BCUT2D eigenvalue weighted by Gasteiger charge is -2.22. The van der Waals surface area contributed by atoms with Gasteiger partial charge in [0.05, 0.1) is 5.92 Å². The van der Waals surface area contributed by atoms with Crippen molar-refractivity contribution in [3.63, 3.8) is 0 Å². The predicted molar refractivity (Wildman–Crippen MR) is 71.9 cm³/mol. The van der Waals surface area contributed by atoms with E-state index in [-0.39, 0.29) is 11.8 Å². The summed E-state index contributed by atoms with van der Waals surface area (Å²) in [4.78, 5) is 13.9. The lowest BCUT2D eigenvalue weighted by atomic mass is 9.83. The normalized spacial score (nSPS) is 22.1. The summed E-state index contributed by atoms with van der Waals surface area (Å²) in [6, 6.07) is 6.10. The fraction of sp³-hybridized carbons (Fsp3) is 0.533. The molecule has 1 heterocycles. The van der Waals surface area contributed by atoms with Gasteiger partial charge in [0, 0.05) is 6.54 Å². The minimum Gasteiger partial charge on any atom is -0.481 e. The van der Waals surface area contributed by atoms with Gasteiger partial charge in [-0.15, -0.1) is 0 Å². The largest absolute Gasteiger partial charge is 0.481 e. The van der Waals surface area contributed by atoms with Crippen LogP contribution >= 0.6 is 0 Å². The average molecular weight is 247 g/mol. The highest BCUT2D eigenvalue weighted by Gasteiger charge is 2.34. The minimum atomic E-state index is -0.691. The van der Waals surface area contributed by atoms with Gasteiger partial charge in [-0.2, -0.15) is 0 Å². The molecule has 0 saturated carbocycles. The molecule has 0 radical (unpaired) electrons. The van der Waals surface area contributed by atoms with E-state index in [0.717, 1.165) is 36.2 Å². The summed E-state index contributed by atoms with van der Waals surface area (Å²) in [5, 5.41) is 9.57. The molecule has 3 nitrogen and oxygen atoms in total. The first-order valence-electron chi connectivity index (χ1n) is 6.47. The molecule has 0 amide bonds. The third-order valence-corrected chi connectivity index (χ3v) is 3.94. The highest BCUT2D eigenvalue weighted by atomic mass is 16.4. The molecule has 18 heavy (non-hydrogen) atoms. The quantitative estimate of drug-likeness (QED) is 0.891. The van der Waals surface area contributed by atoms with Crippen molar-refractivity contribution in [2.45, 2.75) is 26.2 Å². The molecule has 1 aliphatic rings. The first-order chi connectivity index (χ1) is 8.49. The second-order valence-corrected chi connectivity index (χ2v) is 5.49. The number of hydrogen-bond donors (Lipinski definition) is 1. The molecule has 1 fully saturated rings. The van der Waals surface area contributed by atoms with Gasteiger partial charge in [0.2, 0.25) is 0 Å². The van der Waals surface area contributed by atoms with Crippen molar-refractivity contribution in [3.8, 4) is 0 Å². The summed E-state index contributed by atoms with van der Waals surface area (Å²) in [6.07, 6.45) is 0.973. The van der Waals surface area contributed by atoms with Crippen LogP contribution in [-0.2, 0) is 4.79 Å². The first kappa shape index (κ1) is 13.1. The molecule has 2 rings (SSSR count). The Morgan fingerprint density at radius 2 is 2.17 bits per heavy atom. The number of aryl methyl sites for hydroxylation is 2. The van der Waals surface area contributed by atoms with E-state index in [1.807, 2.05) is 32.0 Å². The molecular formula is C15H21NO2. The fourth-order valence-electron chi connectivity index (χ4n) is 2.92. The summed E-state index contributed by atoms with van der Waals surface area (Å²) >= 11 is 0. The van der Waals surface area contributed by atoms with Crippen LogP contribution < -0.4 is 0 Å². The number of nitrogens with zero attached hydrogens (tertiary/aromatic N) is 1. The number of carboxylic acids is 1. The maximum absolute atomic E-state index is 11.6. The maximum Gasteiger partial charge on any atom is 0.311 e. The molecule has 2 atom stereocenters. The number of rotatable bonds is 3. The van der Waals surface area contributed by atoms with Gasteiger partial charge in [-0.25, -0.2) is 0 Å². The lowest BCUT2D eigenvalue weighted by Crippen LogP contribution is -2.25. The Kier molecular flexibility index (Phi) is 3.71. The third-order valence-electron chi connectivity index (χ3n) is 3.94. The topological polar surface area (TPSA) is 40.5 Å². The van der Waals surface area contributed by atoms with E-state index in [0.29, 0.717) is 0 Å². The van der Waals surface area contributed by atoms with Crippen molar-refractivity contribution >= 4 is 5.97 Å². The molecule has 0 bridgehead atoms. The van der Waals surface area contributed by atoms with E-state index < -0.39 is 5.97 Å². The van der Waals surface area contributed by atoms with Gasteiger partial charge in [-0.3, -0.25) is 4.79 Å². The molecule has 3 heteroatoms. The van der Waals surface area contributed by atoms with Crippen LogP contribution in [0.25, 0.3) is 0 Å². The van der Waals surface area contributed by atoms with E-state index in [2.05, 4.69) is 11.9 Å². The monoisotopic (exact) mass is 247 g/mol. The molecule has 2 unspecified atom stereocenters. The second kappa shape index (κ2) is 5.11. The van der Waals surface area contributed by atoms with E-state index in [1.165, 1.54) is 0 Å². The standard InChI is InChI=1S/C15H21NO2/c1-10-4-5-11(2)13(8-10)14(15(17)18)12-6-7-16(3)9-12/h4-5,8,12,14H,6-7,9H2,1-3H3,(H,17,18). The molecule has 98 valence electrons. The van der Waals surface area contributed by atoms with E-state index in [9.17, 15) is 9.90 Å². The van der Waals surface area contributed by atoms with Crippen LogP contribution in [0, 0.1) is 19.8 Å². The van der Waals surface area contributed by atoms with Crippen LogP contribution in [0.2, 0.25) is 0 Å². The number of likely N-dealkylation sites (tertiary alicyclic amines) is 1. The highest BCUT2D eigenvalue weighted by molar-refractivity contribution is 5.77. The molecular weight excluding hydrogens is 226 g/mol. The van der Waals surface area contributed by atoms with Gasteiger partial charge in [0.15, 0.2) is 0 Å². The lowest BCUT2D eigenvalue weighted by molar-refractivity contribution is -0.140. The Hall–Kier alpha value is -1.35. The van der Waals surface area contributed by atoms with Gasteiger partial charge in [0.25, 0.3) is 0 Å². The number of carbonyl (C=O) groups is 1. The Morgan fingerprint density at radius 1 is 1.44 bits per heavy atom. The molecule has 0 aliphatic carbocycles. The SMILES string of the molecule is Cc1ccc(C)c(C(C(=O)O)C2CCN(C)C2)c1. The Bertz CT molecular complexity index is 456. The molecule has 1 aromatic carbocycles. The van der Waals surface area contributed by atoms with Crippen LogP contribution in [0.1, 0.15) is 29.0 Å². The number of hydrogen-bond acceptors (Lipinski definition) is 2. The molecule has 1 N–H and O–H groups in total. The number of aliphatic carboxylic acids is 1. The van der Waals surface area contributed by atoms with Crippen LogP contribution in [0.3, 0.4) is 0 Å². The van der Waals surface area contributed by atoms with Gasteiger partial charge in [-0.1, -0.05) is 23.8 Å².